The number of amides is 1. The van der Waals surface area contributed by atoms with Crippen LogP contribution in [0, 0.1) is 5.92 Å². The van der Waals surface area contributed by atoms with Crippen LogP contribution >= 0.6 is 0 Å². The minimum absolute atomic E-state index is 0.134. The Kier molecular flexibility index (Phi) is 4.55. The lowest BCUT2D eigenvalue weighted by atomic mass is 9.93. The van der Waals surface area contributed by atoms with Gasteiger partial charge in [-0.05, 0) is 31.2 Å². The van der Waals surface area contributed by atoms with Gasteiger partial charge in [-0.3, -0.25) is 14.4 Å². The number of aromatic nitrogens is 1. The fraction of sp³-hybridized carbons (Fsp3) is 0.500. The Balaban J connectivity index is 1.99. The molecule has 0 aromatic carbocycles. The predicted octanol–water partition coefficient (Wildman–Crippen LogP) is 1.09. The van der Waals surface area contributed by atoms with Gasteiger partial charge >= 0.3 is 5.97 Å². The standard InChI is InChI=1S/C14H18N2O4/c17-12-5-1-4-11(15-12)14(20)16-8-2-3-10(9-16)6-7-13(18)19/h1,4-5,10H,2-3,6-9H2,(H,15,17)(H,18,19)/t10-/m1/s1. The van der Waals surface area contributed by atoms with Crippen molar-refractivity contribution in [3.8, 4) is 0 Å². The second-order valence-corrected chi connectivity index (χ2v) is 5.12. The molecule has 0 bridgehead atoms. The minimum Gasteiger partial charge on any atom is -0.481 e. The molecule has 6 nitrogen and oxygen atoms in total. The van der Waals surface area contributed by atoms with E-state index in [0.29, 0.717) is 19.5 Å². The second kappa shape index (κ2) is 6.36. The molecular formula is C14H18N2O4. The summed E-state index contributed by atoms with van der Waals surface area (Å²) >= 11 is 0. The van der Waals surface area contributed by atoms with E-state index in [1.54, 1.807) is 17.0 Å². The van der Waals surface area contributed by atoms with Gasteiger partial charge in [0.2, 0.25) is 5.56 Å². The Morgan fingerprint density at radius 1 is 1.40 bits per heavy atom. The molecule has 0 radical (unpaired) electrons. The summed E-state index contributed by atoms with van der Waals surface area (Å²) in [5, 5.41) is 8.71. The van der Waals surface area contributed by atoms with Gasteiger partial charge in [-0.15, -0.1) is 0 Å². The lowest BCUT2D eigenvalue weighted by Gasteiger charge is -2.32. The predicted molar refractivity (Wildman–Crippen MR) is 72.6 cm³/mol. The van der Waals surface area contributed by atoms with Gasteiger partial charge in [0.1, 0.15) is 5.69 Å². The molecule has 1 atom stereocenters. The SMILES string of the molecule is O=C(O)CC[C@H]1CCCN(C(=O)c2cccc(=O)[nH]2)C1. The molecule has 1 amide bonds. The van der Waals surface area contributed by atoms with Crippen LogP contribution in [0.15, 0.2) is 23.0 Å². The van der Waals surface area contributed by atoms with Gasteiger partial charge in [-0.1, -0.05) is 6.07 Å². The van der Waals surface area contributed by atoms with Gasteiger partial charge in [-0.25, -0.2) is 0 Å². The maximum Gasteiger partial charge on any atom is 0.303 e. The summed E-state index contributed by atoms with van der Waals surface area (Å²) in [6, 6.07) is 4.51. The molecular weight excluding hydrogens is 260 g/mol. The summed E-state index contributed by atoms with van der Waals surface area (Å²) in [6.07, 6.45) is 2.54. The summed E-state index contributed by atoms with van der Waals surface area (Å²) in [4.78, 5) is 38.3. The molecule has 0 saturated carbocycles. The largest absolute Gasteiger partial charge is 0.481 e. The Labute approximate surface area is 116 Å². The third kappa shape index (κ3) is 3.69. The molecule has 1 aromatic rings. The van der Waals surface area contributed by atoms with Crippen LogP contribution in [0.5, 0.6) is 0 Å². The fourth-order valence-corrected chi connectivity index (χ4v) is 2.56. The number of carboxylic acids is 1. The average molecular weight is 278 g/mol. The Morgan fingerprint density at radius 2 is 2.20 bits per heavy atom. The van der Waals surface area contributed by atoms with Gasteiger partial charge < -0.3 is 15.0 Å². The van der Waals surface area contributed by atoms with Crippen molar-refractivity contribution in [2.75, 3.05) is 13.1 Å². The van der Waals surface area contributed by atoms with E-state index in [0.717, 1.165) is 12.8 Å². The minimum atomic E-state index is -0.805. The van der Waals surface area contributed by atoms with E-state index in [1.807, 2.05) is 0 Å². The van der Waals surface area contributed by atoms with E-state index >= 15 is 0 Å². The van der Waals surface area contributed by atoms with Crippen molar-refractivity contribution in [2.45, 2.75) is 25.7 Å². The number of carbonyl (C=O) groups is 2. The smallest absolute Gasteiger partial charge is 0.303 e. The summed E-state index contributed by atoms with van der Waals surface area (Å²) in [6.45, 7) is 1.21. The van der Waals surface area contributed by atoms with E-state index < -0.39 is 5.97 Å². The first-order valence-electron chi connectivity index (χ1n) is 6.76. The highest BCUT2D eigenvalue weighted by atomic mass is 16.4. The van der Waals surface area contributed by atoms with Gasteiger partial charge in [0.05, 0.1) is 0 Å². The van der Waals surface area contributed by atoms with E-state index in [9.17, 15) is 14.4 Å². The normalized spacial score (nSPS) is 18.8. The highest BCUT2D eigenvalue weighted by Crippen LogP contribution is 2.21. The number of aliphatic carboxylic acids is 1. The first-order valence-corrected chi connectivity index (χ1v) is 6.76. The van der Waals surface area contributed by atoms with Crippen LogP contribution in [-0.4, -0.2) is 40.0 Å². The number of carbonyl (C=O) groups excluding carboxylic acids is 1. The lowest BCUT2D eigenvalue weighted by Crippen LogP contribution is -2.40. The number of H-pyrrole nitrogens is 1. The molecule has 0 aliphatic carbocycles. The van der Waals surface area contributed by atoms with E-state index in [4.69, 9.17) is 5.11 Å². The number of hydrogen-bond acceptors (Lipinski definition) is 3. The zero-order valence-electron chi connectivity index (χ0n) is 11.2. The van der Waals surface area contributed by atoms with Crippen molar-refractivity contribution in [3.05, 3.63) is 34.2 Å². The Hall–Kier alpha value is -2.11. The average Bonchev–Trinajstić information content (AvgIpc) is 2.44. The number of piperidine rings is 1. The van der Waals surface area contributed by atoms with E-state index in [2.05, 4.69) is 4.98 Å². The van der Waals surface area contributed by atoms with E-state index in [-0.39, 0.29) is 29.5 Å². The highest BCUT2D eigenvalue weighted by molar-refractivity contribution is 5.92. The van der Waals surface area contributed by atoms with Crippen LogP contribution in [0.25, 0.3) is 0 Å². The lowest BCUT2D eigenvalue weighted by molar-refractivity contribution is -0.137. The number of aromatic amines is 1. The third-order valence-corrected chi connectivity index (χ3v) is 3.57. The molecule has 2 heterocycles. The van der Waals surface area contributed by atoms with Crippen molar-refractivity contribution in [3.63, 3.8) is 0 Å². The van der Waals surface area contributed by atoms with Crippen molar-refractivity contribution >= 4 is 11.9 Å². The molecule has 108 valence electrons. The number of rotatable bonds is 4. The second-order valence-electron chi connectivity index (χ2n) is 5.12. The van der Waals surface area contributed by atoms with Gasteiger partial charge in [0.15, 0.2) is 0 Å². The number of hydrogen-bond donors (Lipinski definition) is 2. The molecule has 0 spiro atoms. The van der Waals surface area contributed by atoms with Crippen molar-refractivity contribution in [1.82, 2.24) is 9.88 Å². The number of nitrogens with one attached hydrogen (secondary N) is 1. The summed E-state index contributed by atoms with van der Waals surface area (Å²) in [7, 11) is 0. The van der Waals surface area contributed by atoms with Gasteiger partial charge in [0.25, 0.3) is 5.91 Å². The van der Waals surface area contributed by atoms with Crippen LogP contribution in [-0.2, 0) is 4.79 Å². The Morgan fingerprint density at radius 3 is 2.90 bits per heavy atom. The van der Waals surface area contributed by atoms with Crippen LogP contribution in [0.3, 0.4) is 0 Å². The number of carboxylic acid groups (broad SMARTS) is 1. The maximum atomic E-state index is 12.3. The first kappa shape index (κ1) is 14.3. The van der Waals surface area contributed by atoms with Gasteiger partial charge in [-0.2, -0.15) is 0 Å². The third-order valence-electron chi connectivity index (χ3n) is 3.57. The molecule has 0 unspecified atom stereocenters. The van der Waals surface area contributed by atoms with Crippen LogP contribution < -0.4 is 5.56 Å². The summed E-state index contributed by atoms with van der Waals surface area (Å²) in [5.41, 5.74) is -0.00771. The zero-order valence-corrected chi connectivity index (χ0v) is 11.2. The molecule has 6 heteroatoms. The number of pyridine rings is 1. The zero-order chi connectivity index (χ0) is 14.5. The topological polar surface area (TPSA) is 90.5 Å². The highest BCUT2D eigenvalue weighted by Gasteiger charge is 2.25. The molecule has 1 aliphatic rings. The summed E-state index contributed by atoms with van der Waals surface area (Å²) < 4.78 is 0. The van der Waals surface area contributed by atoms with E-state index in [1.165, 1.54) is 6.07 Å². The first-order chi connectivity index (χ1) is 9.56. The Bertz CT molecular complexity index is 552. The molecule has 1 saturated heterocycles. The van der Waals surface area contributed by atoms with Crippen LogP contribution in [0.4, 0.5) is 0 Å². The molecule has 2 rings (SSSR count). The molecule has 1 aromatic heterocycles. The van der Waals surface area contributed by atoms with Crippen molar-refractivity contribution in [1.29, 1.82) is 0 Å². The number of nitrogens with zero attached hydrogens (tertiary/aromatic N) is 1. The monoisotopic (exact) mass is 278 g/mol. The van der Waals surface area contributed by atoms with Crippen molar-refractivity contribution < 1.29 is 14.7 Å². The van der Waals surface area contributed by atoms with Crippen LogP contribution in [0.1, 0.15) is 36.2 Å². The van der Waals surface area contributed by atoms with Gasteiger partial charge in [0, 0.05) is 25.6 Å². The quantitative estimate of drug-likeness (QED) is 0.862. The van der Waals surface area contributed by atoms with Crippen LogP contribution in [0.2, 0.25) is 0 Å². The molecule has 1 aliphatic heterocycles. The molecule has 2 N–H and O–H groups in total. The maximum absolute atomic E-state index is 12.3. The molecule has 1 fully saturated rings. The fourth-order valence-electron chi connectivity index (χ4n) is 2.56. The van der Waals surface area contributed by atoms with Crippen molar-refractivity contribution in [2.24, 2.45) is 5.92 Å². The summed E-state index contributed by atoms with van der Waals surface area (Å²) in [5.74, 6) is -0.775. The number of likely N-dealkylation sites (tertiary alicyclic amines) is 1. The molecule has 20 heavy (non-hydrogen) atoms.